The number of carbonyl (C=O) groups is 1. The van der Waals surface area contributed by atoms with E-state index in [0.29, 0.717) is 14.5 Å². The summed E-state index contributed by atoms with van der Waals surface area (Å²) in [6.07, 6.45) is -5.66. The molecule has 1 aliphatic rings. The predicted octanol–water partition coefficient (Wildman–Crippen LogP) is 4.71. The van der Waals surface area contributed by atoms with Crippen molar-refractivity contribution < 1.29 is 23.1 Å². The Morgan fingerprint density at radius 3 is 2.38 bits per heavy atom. The van der Waals surface area contributed by atoms with Crippen molar-refractivity contribution in [1.82, 2.24) is 5.01 Å². The van der Waals surface area contributed by atoms with Crippen LogP contribution in [0.1, 0.15) is 22.3 Å². The SMILES string of the molecule is O=C(c1ccccc1Br)N1N=C(C(F)(F)F)C[C@]1(O)c1ccc(Cl)cc1. The first-order valence-corrected chi connectivity index (χ1v) is 8.52. The molecule has 0 aliphatic carbocycles. The molecule has 0 unspecified atom stereocenters. The summed E-state index contributed by atoms with van der Waals surface area (Å²) in [6.45, 7) is 0. The lowest BCUT2D eigenvalue weighted by Gasteiger charge is -2.31. The van der Waals surface area contributed by atoms with E-state index in [1.54, 1.807) is 18.2 Å². The third-order valence-electron chi connectivity index (χ3n) is 3.92. The minimum atomic E-state index is -4.77. The third kappa shape index (κ3) is 3.36. The average Bonchev–Trinajstić information content (AvgIpc) is 2.94. The molecule has 0 aromatic heterocycles. The Hall–Kier alpha value is -1.90. The van der Waals surface area contributed by atoms with Crippen LogP contribution in [-0.4, -0.2) is 27.9 Å². The Morgan fingerprint density at radius 1 is 1.19 bits per heavy atom. The van der Waals surface area contributed by atoms with Crippen molar-refractivity contribution in [2.45, 2.75) is 18.3 Å². The molecule has 4 nitrogen and oxygen atoms in total. The second kappa shape index (κ2) is 6.68. The second-order valence-corrected chi connectivity index (χ2v) is 6.93. The van der Waals surface area contributed by atoms with Crippen molar-refractivity contribution in [3.63, 3.8) is 0 Å². The molecule has 0 radical (unpaired) electrons. The Kier molecular flexibility index (Phi) is 4.85. The maximum absolute atomic E-state index is 13.2. The molecule has 9 heteroatoms. The number of rotatable bonds is 2. The van der Waals surface area contributed by atoms with Crippen molar-refractivity contribution in [3.8, 4) is 0 Å². The van der Waals surface area contributed by atoms with Crippen LogP contribution >= 0.6 is 27.5 Å². The van der Waals surface area contributed by atoms with Gasteiger partial charge < -0.3 is 5.11 Å². The summed E-state index contributed by atoms with van der Waals surface area (Å²) < 4.78 is 40.0. The van der Waals surface area contributed by atoms with Crippen LogP contribution < -0.4 is 0 Å². The number of hydrogen-bond donors (Lipinski definition) is 1. The van der Waals surface area contributed by atoms with Crippen LogP contribution in [0.4, 0.5) is 13.2 Å². The lowest BCUT2D eigenvalue weighted by atomic mass is 9.96. The molecule has 26 heavy (non-hydrogen) atoms. The van der Waals surface area contributed by atoms with E-state index in [4.69, 9.17) is 11.6 Å². The van der Waals surface area contributed by atoms with Crippen LogP contribution in [0.2, 0.25) is 5.02 Å². The number of aliphatic hydroxyl groups is 1. The maximum Gasteiger partial charge on any atom is 0.431 e. The summed E-state index contributed by atoms with van der Waals surface area (Å²) >= 11 is 8.99. The van der Waals surface area contributed by atoms with Gasteiger partial charge >= 0.3 is 6.18 Å². The average molecular weight is 448 g/mol. The maximum atomic E-state index is 13.2. The number of nitrogens with zero attached hydrogens (tertiary/aromatic N) is 2. The van der Waals surface area contributed by atoms with Crippen LogP contribution in [0, 0.1) is 0 Å². The van der Waals surface area contributed by atoms with E-state index in [1.807, 2.05) is 0 Å². The zero-order chi connectivity index (χ0) is 19.1. The van der Waals surface area contributed by atoms with Gasteiger partial charge in [-0.3, -0.25) is 4.79 Å². The number of amides is 1. The summed E-state index contributed by atoms with van der Waals surface area (Å²) in [4.78, 5) is 12.8. The number of halogens is 5. The van der Waals surface area contributed by atoms with Crippen LogP contribution in [0.15, 0.2) is 58.1 Å². The first-order chi connectivity index (χ1) is 12.1. The highest BCUT2D eigenvalue weighted by molar-refractivity contribution is 9.10. The zero-order valence-electron chi connectivity index (χ0n) is 13.0. The third-order valence-corrected chi connectivity index (χ3v) is 4.86. The van der Waals surface area contributed by atoms with Crippen LogP contribution in [0.25, 0.3) is 0 Å². The fourth-order valence-corrected chi connectivity index (χ4v) is 3.19. The number of benzene rings is 2. The van der Waals surface area contributed by atoms with Gasteiger partial charge in [0.05, 0.1) is 12.0 Å². The largest absolute Gasteiger partial charge is 0.431 e. The summed E-state index contributed by atoms with van der Waals surface area (Å²) in [6, 6.07) is 11.8. The Labute approximate surface area is 160 Å². The molecule has 1 atom stereocenters. The van der Waals surface area contributed by atoms with Gasteiger partial charge in [0.25, 0.3) is 5.91 Å². The van der Waals surface area contributed by atoms with Gasteiger partial charge in [-0.25, -0.2) is 0 Å². The smallest absolute Gasteiger partial charge is 0.365 e. The van der Waals surface area contributed by atoms with Crippen molar-refractivity contribution in [2.75, 3.05) is 0 Å². The number of alkyl halides is 3. The first kappa shape index (κ1) is 18.9. The fraction of sp³-hybridized carbons (Fsp3) is 0.176. The molecule has 1 amide bonds. The van der Waals surface area contributed by atoms with E-state index in [-0.39, 0.29) is 11.1 Å². The van der Waals surface area contributed by atoms with Crippen molar-refractivity contribution in [2.24, 2.45) is 5.10 Å². The lowest BCUT2D eigenvalue weighted by Crippen LogP contribution is -2.43. The predicted molar refractivity (Wildman–Crippen MR) is 93.8 cm³/mol. The minimum absolute atomic E-state index is 0.0744. The molecule has 0 spiro atoms. The van der Waals surface area contributed by atoms with E-state index >= 15 is 0 Å². The number of hydrogen-bond acceptors (Lipinski definition) is 3. The Morgan fingerprint density at radius 2 is 1.81 bits per heavy atom. The molecule has 0 bridgehead atoms. The Balaban J connectivity index is 2.10. The van der Waals surface area contributed by atoms with Crippen LogP contribution in [0.3, 0.4) is 0 Å². The topological polar surface area (TPSA) is 52.9 Å². The molecule has 0 fully saturated rings. The second-order valence-electron chi connectivity index (χ2n) is 5.64. The monoisotopic (exact) mass is 446 g/mol. The van der Waals surface area contributed by atoms with E-state index < -0.39 is 29.9 Å². The molecule has 1 aliphatic heterocycles. The van der Waals surface area contributed by atoms with E-state index in [0.717, 1.165) is 0 Å². The molecule has 0 saturated carbocycles. The first-order valence-electron chi connectivity index (χ1n) is 7.35. The summed E-state index contributed by atoms with van der Waals surface area (Å²) in [5, 5.41) is 15.2. The van der Waals surface area contributed by atoms with Crippen LogP contribution in [-0.2, 0) is 5.72 Å². The molecule has 3 rings (SSSR count). The fourth-order valence-electron chi connectivity index (χ4n) is 2.61. The molecule has 2 aromatic rings. The van der Waals surface area contributed by atoms with Crippen molar-refractivity contribution in [1.29, 1.82) is 0 Å². The molecule has 1 N–H and O–H groups in total. The molecule has 1 heterocycles. The molecule has 2 aromatic carbocycles. The van der Waals surface area contributed by atoms with Gasteiger partial charge in [-0.15, -0.1) is 0 Å². The van der Waals surface area contributed by atoms with Crippen LogP contribution in [0.5, 0.6) is 0 Å². The van der Waals surface area contributed by atoms with Gasteiger partial charge in [0, 0.05) is 15.1 Å². The van der Waals surface area contributed by atoms with Gasteiger partial charge in [-0.1, -0.05) is 35.9 Å². The summed E-state index contributed by atoms with van der Waals surface area (Å²) in [5.41, 5.74) is -3.37. The van der Waals surface area contributed by atoms with E-state index in [9.17, 15) is 23.1 Å². The standard InChI is InChI=1S/C17H11BrClF3N2O2/c18-13-4-2-1-3-12(13)15(25)24-16(26,9-14(23-24)17(20,21)22)10-5-7-11(19)8-6-10/h1-8,26H,9H2/t16-/m0/s1. The number of carbonyl (C=O) groups excluding carboxylic acids is 1. The van der Waals surface area contributed by atoms with Gasteiger partial charge in [-0.2, -0.15) is 23.3 Å². The highest BCUT2D eigenvalue weighted by Gasteiger charge is 2.53. The van der Waals surface area contributed by atoms with Gasteiger partial charge in [0.2, 0.25) is 0 Å². The number of hydrazone groups is 1. The van der Waals surface area contributed by atoms with Crippen molar-refractivity contribution in [3.05, 3.63) is 69.2 Å². The molecular weight excluding hydrogens is 437 g/mol. The summed E-state index contributed by atoms with van der Waals surface area (Å²) in [5.74, 6) is -0.867. The minimum Gasteiger partial charge on any atom is -0.365 e. The van der Waals surface area contributed by atoms with E-state index in [2.05, 4.69) is 21.0 Å². The van der Waals surface area contributed by atoms with E-state index in [1.165, 1.54) is 30.3 Å². The highest BCUT2D eigenvalue weighted by atomic mass is 79.9. The summed E-state index contributed by atoms with van der Waals surface area (Å²) in [7, 11) is 0. The highest BCUT2D eigenvalue weighted by Crippen LogP contribution is 2.41. The lowest BCUT2D eigenvalue weighted by molar-refractivity contribution is -0.0816. The quantitative estimate of drug-likeness (QED) is 0.725. The molecule has 0 saturated heterocycles. The van der Waals surface area contributed by atoms with Crippen molar-refractivity contribution >= 4 is 39.1 Å². The van der Waals surface area contributed by atoms with Gasteiger partial charge in [0.1, 0.15) is 5.71 Å². The molecule has 136 valence electrons. The molecular formula is C17H11BrClF3N2O2. The van der Waals surface area contributed by atoms with Gasteiger partial charge in [0.15, 0.2) is 5.72 Å². The van der Waals surface area contributed by atoms with Gasteiger partial charge in [-0.05, 0) is 40.2 Å². The zero-order valence-corrected chi connectivity index (χ0v) is 15.3. The normalized spacial score (nSPS) is 20.2. The Bertz CT molecular complexity index is 886.